The van der Waals surface area contributed by atoms with Gasteiger partial charge in [-0.1, -0.05) is 41.4 Å². The first kappa shape index (κ1) is 17.8. The third kappa shape index (κ3) is 3.67. The summed E-state index contributed by atoms with van der Waals surface area (Å²) in [5.74, 6) is -0.453. The molecule has 0 spiro atoms. The zero-order chi connectivity index (χ0) is 18.0. The first-order valence-corrected chi connectivity index (χ1v) is 8.09. The molecule has 0 amide bonds. The van der Waals surface area contributed by atoms with Gasteiger partial charge in [-0.05, 0) is 29.8 Å². The minimum atomic E-state index is -1.82. The van der Waals surface area contributed by atoms with E-state index in [0.717, 1.165) is 0 Å². The standard InChI is InChI=1S/C17H14Cl2FN3O2/c18-12-3-6-14(15(19)7-12)16(24)17(25,8-23-10-21-9-22-23)11-1-4-13(20)5-2-11/h1-7,9-10,16,24-25H,8H2/t16-,17-/m0/s1. The topological polar surface area (TPSA) is 71.2 Å². The van der Waals surface area contributed by atoms with E-state index >= 15 is 0 Å². The van der Waals surface area contributed by atoms with Gasteiger partial charge >= 0.3 is 0 Å². The second kappa shape index (κ2) is 7.09. The van der Waals surface area contributed by atoms with Crippen LogP contribution in [0.25, 0.3) is 0 Å². The zero-order valence-electron chi connectivity index (χ0n) is 12.9. The van der Waals surface area contributed by atoms with Crippen molar-refractivity contribution in [2.24, 2.45) is 0 Å². The molecule has 1 aromatic heterocycles. The predicted octanol–water partition coefficient (Wildman–Crippen LogP) is 3.35. The van der Waals surface area contributed by atoms with E-state index in [1.165, 1.54) is 53.7 Å². The molecule has 0 saturated carbocycles. The highest BCUT2D eigenvalue weighted by atomic mass is 35.5. The molecule has 0 fully saturated rings. The number of aromatic nitrogens is 3. The van der Waals surface area contributed by atoms with Gasteiger partial charge in [0.2, 0.25) is 0 Å². The van der Waals surface area contributed by atoms with Gasteiger partial charge in [0, 0.05) is 15.6 Å². The Morgan fingerprint density at radius 2 is 1.88 bits per heavy atom. The Hall–Kier alpha value is -1.99. The number of rotatable bonds is 5. The van der Waals surface area contributed by atoms with Gasteiger partial charge in [0.1, 0.15) is 30.2 Å². The van der Waals surface area contributed by atoms with E-state index in [2.05, 4.69) is 10.1 Å². The predicted molar refractivity (Wildman–Crippen MR) is 91.7 cm³/mol. The molecule has 0 saturated heterocycles. The maximum atomic E-state index is 13.3. The van der Waals surface area contributed by atoms with Crippen molar-refractivity contribution in [3.63, 3.8) is 0 Å². The van der Waals surface area contributed by atoms with E-state index in [-0.39, 0.29) is 17.1 Å². The Morgan fingerprint density at radius 3 is 2.48 bits per heavy atom. The second-order valence-electron chi connectivity index (χ2n) is 5.59. The molecule has 8 heteroatoms. The molecule has 0 unspecified atom stereocenters. The number of aliphatic hydroxyl groups excluding tert-OH is 1. The first-order chi connectivity index (χ1) is 11.9. The lowest BCUT2D eigenvalue weighted by Gasteiger charge is -2.34. The molecule has 130 valence electrons. The molecule has 3 aromatic rings. The number of nitrogens with zero attached hydrogens (tertiary/aromatic N) is 3. The molecule has 2 atom stereocenters. The van der Waals surface area contributed by atoms with Crippen LogP contribution in [0.3, 0.4) is 0 Å². The van der Waals surface area contributed by atoms with E-state index in [1.54, 1.807) is 6.07 Å². The highest BCUT2D eigenvalue weighted by Crippen LogP contribution is 2.40. The Bertz CT molecular complexity index is 859. The summed E-state index contributed by atoms with van der Waals surface area (Å²) in [4.78, 5) is 3.83. The molecule has 0 aliphatic heterocycles. The van der Waals surface area contributed by atoms with Crippen molar-refractivity contribution in [1.82, 2.24) is 14.8 Å². The fourth-order valence-electron chi connectivity index (χ4n) is 2.62. The Morgan fingerprint density at radius 1 is 1.16 bits per heavy atom. The SMILES string of the molecule is O[C@@H](c1ccc(Cl)cc1Cl)[C@](O)(Cn1cncn1)c1ccc(F)cc1. The van der Waals surface area contributed by atoms with Crippen LogP contribution in [-0.2, 0) is 12.1 Å². The minimum Gasteiger partial charge on any atom is -0.385 e. The summed E-state index contributed by atoms with van der Waals surface area (Å²) in [6.45, 7) is -0.112. The lowest BCUT2D eigenvalue weighted by molar-refractivity contribution is -0.0965. The van der Waals surface area contributed by atoms with Crippen LogP contribution in [0.15, 0.2) is 55.1 Å². The Kier molecular flexibility index (Phi) is 5.06. The summed E-state index contributed by atoms with van der Waals surface area (Å²) in [6.07, 6.45) is 1.31. The van der Waals surface area contributed by atoms with Crippen molar-refractivity contribution in [1.29, 1.82) is 0 Å². The molecule has 3 rings (SSSR count). The van der Waals surface area contributed by atoms with Crippen molar-refractivity contribution in [3.8, 4) is 0 Å². The molecule has 0 aliphatic carbocycles. The number of halogens is 3. The van der Waals surface area contributed by atoms with Crippen LogP contribution < -0.4 is 0 Å². The van der Waals surface area contributed by atoms with Gasteiger partial charge in [0.15, 0.2) is 0 Å². The van der Waals surface area contributed by atoms with Gasteiger partial charge < -0.3 is 10.2 Å². The molecule has 2 N–H and O–H groups in total. The van der Waals surface area contributed by atoms with E-state index in [0.29, 0.717) is 10.6 Å². The van der Waals surface area contributed by atoms with Crippen LogP contribution in [0.2, 0.25) is 10.0 Å². The fraction of sp³-hybridized carbons (Fsp3) is 0.176. The summed E-state index contributed by atoms with van der Waals surface area (Å²) >= 11 is 12.1. The van der Waals surface area contributed by atoms with Crippen LogP contribution in [-0.4, -0.2) is 25.0 Å². The van der Waals surface area contributed by atoms with Crippen LogP contribution in [0, 0.1) is 5.82 Å². The zero-order valence-corrected chi connectivity index (χ0v) is 14.4. The summed E-state index contributed by atoms with van der Waals surface area (Å²) in [5.41, 5.74) is -1.22. The molecular formula is C17H14Cl2FN3O2. The van der Waals surface area contributed by atoms with Gasteiger partial charge in [-0.15, -0.1) is 0 Å². The van der Waals surface area contributed by atoms with Gasteiger partial charge in [0.05, 0.1) is 6.54 Å². The molecule has 0 radical (unpaired) electrons. The average Bonchev–Trinajstić information content (AvgIpc) is 3.07. The van der Waals surface area contributed by atoms with E-state index < -0.39 is 17.5 Å². The van der Waals surface area contributed by atoms with Crippen LogP contribution in [0.5, 0.6) is 0 Å². The first-order valence-electron chi connectivity index (χ1n) is 7.34. The lowest BCUT2D eigenvalue weighted by Crippen LogP contribution is -2.38. The van der Waals surface area contributed by atoms with Crippen molar-refractivity contribution in [2.45, 2.75) is 18.2 Å². The Labute approximate surface area is 153 Å². The summed E-state index contributed by atoms with van der Waals surface area (Å²) in [7, 11) is 0. The van der Waals surface area contributed by atoms with Crippen LogP contribution in [0.1, 0.15) is 17.2 Å². The molecular weight excluding hydrogens is 368 g/mol. The number of benzene rings is 2. The van der Waals surface area contributed by atoms with Crippen molar-refractivity contribution in [2.75, 3.05) is 0 Å². The minimum absolute atomic E-state index is 0.112. The highest BCUT2D eigenvalue weighted by Gasteiger charge is 2.40. The normalized spacial score (nSPS) is 14.9. The Balaban J connectivity index is 2.07. The molecule has 0 bridgehead atoms. The molecule has 1 heterocycles. The third-order valence-corrected chi connectivity index (χ3v) is 4.49. The van der Waals surface area contributed by atoms with Crippen molar-refractivity contribution in [3.05, 3.63) is 82.1 Å². The van der Waals surface area contributed by atoms with Gasteiger partial charge in [-0.2, -0.15) is 5.10 Å². The van der Waals surface area contributed by atoms with Crippen LogP contribution >= 0.6 is 23.2 Å². The number of hydrogen-bond acceptors (Lipinski definition) is 4. The van der Waals surface area contributed by atoms with E-state index in [4.69, 9.17) is 23.2 Å². The van der Waals surface area contributed by atoms with Crippen molar-refractivity contribution < 1.29 is 14.6 Å². The molecule has 25 heavy (non-hydrogen) atoms. The summed E-state index contributed by atoms with van der Waals surface area (Å²) < 4.78 is 14.6. The second-order valence-corrected chi connectivity index (χ2v) is 6.44. The number of aliphatic hydroxyl groups is 2. The van der Waals surface area contributed by atoms with Crippen LogP contribution in [0.4, 0.5) is 4.39 Å². The van der Waals surface area contributed by atoms with Gasteiger partial charge in [-0.25, -0.2) is 14.1 Å². The lowest BCUT2D eigenvalue weighted by atomic mass is 9.84. The monoisotopic (exact) mass is 381 g/mol. The molecule has 0 aliphatic rings. The maximum absolute atomic E-state index is 13.3. The maximum Gasteiger partial charge on any atom is 0.139 e. The van der Waals surface area contributed by atoms with Crippen molar-refractivity contribution >= 4 is 23.2 Å². The number of hydrogen-bond donors (Lipinski definition) is 2. The van der Waals surface area contributed by atoms with E-state index in [9.17, 15) is 14.6 Å². The van der Waals surface area contributed by atoms with E-state index in [1.807, 2.05) is 0 Å². The molecule has 5 nitrogen and oxygen atoms in total. The third-order valence-electron chi connectivity index (χ3n) is 3.92. The quantitative estimate of drug-likeness (QED) is 0.710. The summed E-state index contributed by atoms with van der Waals surface area (Å²) in [5, 5.41) is 26.8. The molecule has 2 aromatic carbocycles. The summed E-state index contributed by atoms with van der Waals surface area (Å²) in [6, 6.07) is 9.79. The van der Waals surface area contributed by atoms with Gasteiger partial charge in [-0.3, -0.25) is 0 Å². The highest BCUT2D eigenvalue weighted by molar-refractivity contribution is 6.35. The average molecular weight is 382 g/mol. The smallest absolute Gasteiger partial charge is 0.139 e. The van der Waals surface area contributed by atoms with Gasteiger partial charge in [0.25, 0.3) is 0 Å². The fourth-order valence-corrected chi connectivity index (χ4v) is 3.13. The largest absolute Gasteiger partial charge is 0.385 e.